The highest BCUT2D eigenvalue weighted by atomic mass is 79.9. The SMILES string of the molecule is C.C[N+]1(CC2CC2)CCC23c4c5ccc(O)c4O[C@H]2[C@@H](O)CC[C@@]3(O)C1C5.[Br-]. The summed E-state index contributed by atoms with van der Waals surface area (Å²) in [5.74, 6) is 1.46. The molecule has 1 aromatic carbocycles. The van der Waals surface area contributed by atoms with Crippen LogP contribution in [-0.4, -0.2) is 63.8 Å². The molecule has 2 heterocycles. The number of quaternary nitrogens is 1. The number of phenols is 1. The molecule has 1 spiro atoms. The number of halogens is 1. The smallest absolute Gasteiger partial charge is 0.165 e. The minimum Gasteiger partial charge on any atom is -1.00 e. The Balaban J connectivity index is 0.000000961. The van der Waals surface area contributed by atoms with Crippen molar-refractivity contribution >= 4 is 0 Å². The van der Waals surface area contributed by atoms with E-state index in [9.17, 15) is 15.3 Å². The number of piperidine rings is 1. The third-order valence-electron chi connectivity index (χ3n) is 8.45. The normalized spacial score (nSPS) is 44.6. The molecule has 5 nitrogen and oxygen atoms in total. The van der Waals surface area contributed by atoms with Crippen molar-refractivity contribution in [2.75, 3.05) is 20.1 Å². The summed E-state index contributed by atoms with van der Waals surface area (Å²) in [4.78, 5) is 0. The number of likely N-dealkylation sites (N-methyl/N-ethyl adjacent to an activating group) is 1. The summed E-state index contributed by atoms with van der Waals surface area (Å²) in [7, 11) is 2.33. The summed E-state index contributed by atoms with van der Waals surface area (Å²) in [5, 5.41) is 33.4. The van der Waals surface area contributed by atoms with Crippen LogP contribution in [0.15, 0.2) is 12.1 Å². The highest BCUT2D eigenvalue weighted by molar-refractivity contribution is 5.62. The van der Waals surface area contributed by atoms with Gasteiger partial charge in [0, 0.05) is 24.3 Å². The molecule has 0 aromatic heterocycles. The summed E-state index contributed by atoms with van der Waals surface area (Å²) < 4.78 is 7.11. The van der Waals surface area contributed by atoms with Crippen LogP contribution in [0.3, 0.4) is 0 Å². The molecule has 0 radical (unpaired) electrons. The van der Waals surface area contributed by atoms with Crippen LogP contribution in [0.1, 0.15) is 50.7 Å². The van der Waals surface area contributed by atoms with Crippen molar-refractivity contribution in [2.45, 2.75) is 75.2 Å². The standard InChI is InChI=1S/C21H27NO4.CH4.BrH/c1-22(11-12-2-3-12)9-8-20-17-13-4-5-14(23)18(17)26-19(20)15(24)6-7-21(20,25)16(22)10-13;;/h4-5,12,15-16,19,24-25H,2-3,6-11H2,1H3;1H4;1H/t15-,16?,19-,20?,21+,22?;;/m0../s1. The van der Waals surface area contributed by atoms with E-state index in [4.69, 9.17) is 4.74 Å². The second-order valence-corrected chi connectivity index (χ2v) is 9.79. The van der Waals surface area contributed by atoms with Gasteiger partial charge in [0.05, 0.1) is 31.7 Å². The summed E-state index contributed by atoms with van der Waals surface area (Å²) in [6.07, 6.45) is 4.44. The fourth-order valence-electron chi connectivity index (χ4n) is 7.13. The van der Waals surface area contributed by atoms with E-state index in [0.717, 1.165) is 41.9 Å². The summed E-state index contributed by atoms with van der Waals surface area (Å²) in [5.41, 5.74) is 0.755. The van der Waals surface area contributed by atoms with Gasteiger partial charge in [0.2, 0.25) is 0 Å². The molecule has 28 heavy (non-hydrogen) atoms. The van der Waals surface area contributed by atoms with Crippen molar-refractivity contribution in [3.63, 3.8) is 0 Å². The first-order chi connectivity index (χ1) is 12.4. The van der Waals surface area contributed by atoms with Gasteiger partial charge in [0.25, 0.3) is 0 Å². The van der Waals surface area contributed by atoms with Crippen LogP contribution in [0.25, 0.3) is 0 Å². The highest BCUT2D eigenvalue weighted by Crippen LogP contribution is 2.66. The Morgan fingerprint density at radius 1 is 1.21 bits per heavy atom. The van der Waals surface area contributed by atoms with E-state index in [2.05, 4.69) is 7.05 Å². The van der Waals surface area contributed by atoms with E-state index < -0.39 is 23.2 Å². The first-order valence-corrected chi connectivity index (χ1v) is 10.2. The van der Waals surface area contributed by atoms with Crippen molar-refractivity contribution in [3.05, 3.63) is 23.3 Å². The number of aliphatic hydroxyl groups is 2. The number of rotatable bonds is 2. The second-order valence-electron chi connectivity index (χ2n) is 9.79. The largest absolute Gasteiger partial charge is 1.00 e. The first kappa shape index (κ1) is 20.5. The van der Waals surface area contributed by atoms with E-state index in [0.29, 0.717) is 18.6 Å². The predicted molar refractivity (Wildman–Crippen MR) is 102 cm³/mol. The van der Waals surface area contributed by atoms with E-state index in [-0.39, 0.29) is 36.2 Å². The molecule has 1 saturated heterocycles. The van der Waals surface area contributed by atoms with Gasteiger partial charge in [0.15, 0.2) is 11.5 Å². The molecule has 3 N–H and O–H groups in total. The third kappa shape index (κ3) is 2.18. The fourth-order valence-corrected chi connectivity index (χ4v) is 7.13. The summed E-state index contributed by atoms with van der Waals surface area (Å²) in [6, 6.07) is 3.88. The molecular weight excluding hydrogens is 422 g/mol. The van der Waals surface area contributed by atoms with Gasteiger partial charge in [-0.15, -0.1) is 0 Å². The Bertz CT molecular complexity index is 814. The number of nitrogens with zero attached hydrogens (tertiary/aromatic N) is 1. The van der Waals surface area contributed by atoms with Crippen molar-refractivity contribution in [3.8, 4) is 11.5 Å². The van der Waals surface area contributed by atoms with Crippen LogP contribution in [-0.2, 0) is 11.8 Å². The average Bonchev–Trinajstić information content (AvgIpc) is 3.32. The molecule has 3 aliphatic carbocycles. The fraction of sp³-hybridized carbons (Fsp3) is 0.727. The minimum absolute atomic E-state index is 0. The van der Waals surface area contributed by atoms with Gasteiger partial charge < -0.3 is 41.5 Å². The monoisotopic (exact) mass is 453 g/mol. The molecule has 6 heteroatoms. The number of likely N-dealkylation sites (tertiary alicyclic amines) is 1. The molecule has 156 valence electrons. The highest BCUT2D eigenvalue weighted by Gasteiger charge is 2.76. The molecule has 2 saturated carbocycles. The first-order valence-electron chi connectivity index (χ1n) is 10.2. The number of ether oxygens (including phenoxy) is 1. The number of benzene rings is 1. The average molecular weight is 454 g/mol. The van der Waals surface area contributed by atoms with Crippen LogP contribution >= 0.6 is 0 Å². The minimum atomic E-state index is -0.870. The summed E-state index contributed by atoms with van der Waals surface area (Å²) in [6.45, 7) is 2.15. The lowest BCUT2D eigenvalue weighted by atomic mass is 9.48. The summed E-state index contributed by atoms with van der Waals surface area (Å²) >= 11 is 0. The molecule has 6 atom stereocenters. The van der Waals surface area contributed by atoms with Crippen molar-refractivity contribution in [2.24, 2.45) is 5.92 Å². The third-order valence-corrected chi connectivity index (χ3v) is 8.45. The van der Waals surface area contributed by atoms with Crippen LogP contribution < -0.4 is 21.7 Å². The van der Waals surface area contributed by atoms with Crippen LogP contribution in [0.2, 0.25) is 0 Å². The number of hydrogen-bond donors (Lipinski definition) is 3. The van der Waals surface area contributed by atoms with E-state index >= 15 is 0 Å². The lowest BCUT2D eigenvalue weighted by Gasteiger charge is -2.65. The zero-order valence-corrected chi connectivity index (χ0v) is 17.3. The van der Waals surface area contributed by atoms with Crippen molar-refractivity contribution < 1.29 is 41.5 Å². The Labute approximate surface area is 177 Å². The Morgan fingerprint density at radius 3 is 2.68 bits per heavy atom. The van der Waals surface area contributed by atoms with Gasteiger partial charge in [-0.25, -0.2) is 0 Å². The molecule has 2 bridgehead atoms. The zero-order chi connectivity index (χ0) is 17.9. The Morgan fingerprint density at radius 2 is 1.96 bits per heavy atom. The van der Waals surface area contributed by atoms with Gasteiger partial charge in [-0.3, -0.25) is 0 Å². The Kier molecular flexibility index (Phi) is 4.45. The molecule has 2 aliphatic heterocycles. The zero-order valence-electron chi connectivity index (χ0n) is 15.7. The molecular formula is C22H32BrNO4. The topological polar surface area (TPSA) is 69.9 Å². The van der Waals surface area contributed by atoms with Crippen LogP contribution in [0.5, 0.6) is 11.5 Å². The number of aliphatic hydroxyl groups excluding tert-OH is 1. The van der Waals surface area contributed by atoms with Gasteiger partial charge in [-0.2, -0.15) is 0 Å². The van der Waals surface area contributed by atoms with Gasteiger partial charge in [-0.05, 0) is 37.3 Å². The van der Waals surface area contributed by atoms with E-state index in [1.807, 2.05) is 6.07 Å². The quantitative estimate of drug-likeness (QED) is 0.507. The maximum absolute atomic E-state index is 12.2. The lowest BCUT2D eigenvalue weighted by molar-refractivity contribution is -0.950. The predicted octanol–water partition coefficient (Wildman–Crippen LogP) is -0.898. The van der Waals surface area contributed by atoms with Crippen molar-refractivity contribution in [1.82, 2.24) is 0 Å². The van der Waals surface area contributed by atoms with Gasteiger partial charge >= 0.3 is 0 Å². The van der Waals surface area contributed by atoms with Crippen LogP contribution in [0.4, 0.5) is 0 Å². The maximum Gasteiger partial charge on any atom is 0.165 e. The van der Waals surface area contributed by atoms with E-state index in [1.165, 1.54) is 18.4 Å². The van der Waals surface area contributed by atoms with E-state index in [1.54, 1.807) is 6.07 Å². The molecule has 3 unspecified atom stereocenters. The number of hydrogen-bond acceptors (Lipinski definition) is 4. The van der Waals surface area contributed by atoms with Gasteiger partial charge in [0.1, 0.15) is 17.7 Å². The maximum atomic E-state index is 12.2. The van der Waals surface area contributed by atoms with Gasteiger partial charge in [-0.1, -0.05) is 13.5 Å². The molecule has 1 aromatic rings. The molecule has 3 fully saturated rings. The molecule has 0 amide bonds. The Hall–Kier alpha value is -0.820. The number of aromatic hydroxyl groups is 1. The number of phenolic OH excluding ortho intramolecular Hbond substituents is 1. The lowest BCUT2D eigenvalue weighted by Crippen LogP contribution is -3.00. The molecule has 5 aliphatic rings. The van der Waals surface area contributed by atoms with Crippen molar-refractivity contribution in [1.29, 1.82) is 0 Å². The van der Waals surface area contributed by atoms with Crippen LogP contribution in [0, 0.1) is 5.92 Å². The second kappa shape index (κ2) is 6.10. The molecule has 6 rings (SSSR count).